The summed E-state index contributed by atoms with van der Waals surface area (Å²) in [5, 5.41) is 3.14. The monoisotopic (exact) mass is 312 g/mol. The zero-order chi connectivity index (χ0) is 15.4. The number of amides is 2. The molecule has 6 rings (SSSR count). The standard InChI is InChI=1S/C19H24N2O2/c22-18(20-12-19-7-13(8-19)11-23-19)21-9-15-5-1-3-14-4-2-6-16(10-21)17(14)15/h1,3,5,13,16H,2,4,6-12H2,(H,20,22). The highest BCUT2D eigenvalue weighted by molar-refractivity contribution is 5.75. The summed E-state index contributed by atoms with van der Waals surface area (Å²) in [6.45, 7) is 3.18. The maximum atomic E-state index is 12.6. The molecule has 2 bridgehead atoms. The van der Waals surface area contributed by atoms with Crippen LogP contribution in [0, 0.1) is 5.92 Å². The van der Waals surface area contributed by atoms with Crippen molar-refractivity contribution >= 4 is 6.03 Å². The third kappa shape index (κ3) is 2.18. The fourth-order valence-electron chi connectivity index (χ4n) is 5.17. The number of aryl methyl sites for hydroxylation is 1. The summed E-state index contributed by atoms with van der Waals surface area (Å²) in [5.41, 5.74) is 4.37. The number of urea groups is 1. The first kappa shape index (κ1) is 13.8. The van der Waals surface area contributed by atoms with Crippen molar-refractivity contribution in [1.29, 1.82) is 0 Å². The molecule has 4 heteroatoms. The number of ether oxygens (including phenoxy) is 1. The largest absolute Gasteiger partial charge is 0.373 e. The van der Waals surface area contributed by atoms with Gasteiger partial charge in [-0.25, -0.2) is 4.79 Å². The van der Waals surface area contributed by atoms with Crippen LogP contribution in [0.1, 0.15) is 48.3 Å². The Hall–Kier alpha value is -1.55. The Morgan fingerprint density at radius 2 is 2.22 bits per heavy atom. The molecule has 1 aromatic rings. The van der Waals surface area contributed by atoms with E-state index in [1.165, 1.54) is 30.4 Å². The van der Waals surface area contributed by atoms with E-state index >= 15 is 0 Å². The summed E-state index contributed by atoms with van der Waals surface area (Å²) >= 11 is 0. The van der Waals surface area contributed by atoms with Crippen molar-refractivity contribution in [3.8, 4) is 0 Å². The lowest BCUT2D eigenvalue weighted by atomic mass is 9.74. The van der Waals surface area contributed by atoms with Gasteiger partial charge in [0.2, 0.25) is 0 Å². The van der Waals surface area contributed by atoms with Crippen LogP contribution in [0.2, 0.25) is 0 Å². The summed E-state index contributed by atoms with van der Waals surface area (Å²) in [5.74, 6) is 1.28. The van der Waals surface area contributed by atoms with Gasteiger partial charge in [0.15, 0.2) is 0 Å². The van der Waals surface area contributed by atoms with Gasteiger partial charge in [0.05, 0.1) is 12.2 Å². The van der Waals surface area contributed by atoms with Gasteiger partial charge in [-0.1, -0.05) is 18.2 Å². The molecule has 1 atom stereocenters. The Morgan fingerprint density at radius 1 is 1.35 bits per heavy atom. The van der Waals surface area contributed by atoms with Gasteiger partial charge in [-0.3, -0.25) is 0 Å². The summed E-state index contributed by atoms with van der Waals surface area (Å²) in [6, 6.07) is 6.70. The molecular formula is C19H24N2O2. The molecule has 0 radical (unpaired) electrons. The molecule has 5 aliphatic rings. The summed E-state index contributed by atoms with van der Waals surface area (Å²) in [7, 11) is 0. The highest BCUT2D eigenvalue weighted by Gasteiger charge is 2.52. The van der Waals surface area contributed by atoms with E-state index in [2.05, 4.69) is 23.5 Å². The zero-order valence-corrected chi connectivity index (χ0v) is 13.5. The van der Waals surface area contributed by atoms with Gasteiger partial charge < -0.3 is 15.0 Å². The normalized spacial score (nSPS) is 33.8. The van der Waals surface area contributed by atoms with Gasteiger partial charge in [-0.15, -0.1) is 0 Å². The molecule has 1 aromatic carbocycles. The van der Waals surface area contributed by atoms with Crippen molar-refractivity contribution in [2.24, 2.45) is 5.92 Å². The number of rotatable bonds is 2. The first-order valence-electron chi connectivity index (χ1n) is 9.00. The van der Waals surface area contributed by atoms with E-state index in [-0.39, 0.29) is 11.6 Å². The number of nitrogens with one attached hydrogen (secondary N) is 1. The van der Waals surface area contributed by atoms with Crippen LogP contribution in [-0.4, -0.2) is 36.2 Å². The van der Waals surface area contributed by atoms with Crippen molar-refractivity contribution in [1.82, 2.24) is 10.2 Å². The molecule has 4 nitrogen and oxygen atoms in total. The molecule has 1 unspecified atom stereocenters. The predicted octanol–water partition coefficient (Wildman–Crippen LogP) is 2.81. The predicted molar refractivity (Wildman–Crippen MR) is 87.3 cm³/mol. The number of benzene rings is 1. The zero-order valence-electron chi connectivity index (χ0n) is 13.5. The molecule has 3 aliphatic heterocycles. The maximum Gasteiger partial charge on any atom is 0.317 e. The highest BCUT2D eigenvalue weighted by Crippen LogP contribution is 2.47. The first-order valence-corrected chi connectivity index (χ1v) is 9.00. The van der Waals surface area contributed by atoms with Crippen molar-refractivity contribution in [3.05, 3.63) is 34.9 Å². The van der Waals surface area contributed by atoms with E-state index in [0.29, 0.717) is 12.5 Å². The molecule has 1 saturated carbocycles. The Labute approximate surface area is 137 Å². The quantitative estimate of drug-likeness (QED) is 0.912. The molecule has 122 valence electrons. The highest BCUT2D eigenvalue weighted by atomic mass is 16.5. The van der Waals surface area contributed by atoms with E-state index in [9.17, 15) is 4.79 Å². The van der Waals surface area contributed by atoms with Crippen LogP contribution in [-0.2, 0) is 17.7 Å². The molecule has 2 aliphatic carbocycles. The average Bonchev–Trinajstić information content (AvgIpc) is 3.14. The number of carbonyl (C=O) groups is 1. The third-order valence-electron chi connectivity index (χ3n) is 6.29. The van der Waals surface area contributed by atoms with Crippen LogP contribution >= 0.6 is 0 Å². The minimum absolute atomic E-state index is 0.0357. The second-order valence-electron chi connectivity index (χ2n) is 7.89. The van der Waals surface area contributed by atoms with Gasteiger partial charge in [0, 0.05) is 25.6 Å². The van der Waals surface area contributed by atoms with Gasteiger partial charge in [-0.05, 0) is 54.7 Å². The lowest BCUT2D eigenvalue weighted by molar-refractivity contribution is 0.00394. The Balaban J connectivity index is 1.29. The Morgan fingerprint density at radius 3 is 3.04 bits per heavy atom. The number of carbonyl (C=O) groups excluding carboxylic acids is 1. The molecule has 2 saturated heterocycles. The molecule has 0 aromatic heterocycles. The van der Waals surface area contributed by atoms with E-state index in [1.54, 1.807) is 5.56 Å². The fourth-order valence-corrected chi connectivity index (χ4v) is 5.17. The molecule has 3 heterocycles. The molecular weight excluding hydrogens is 288 g/mol. The first-order chi connectivity index (χ1) is 11.2. The second kappa shape index (κ2) is 4.97. The smallest absolute Gasteiger partial charge is 0.317 e. The van der Waals surface area contributed by atoms with Crippen molar-refractivity contribution in [2.75, 3.05) is 19.7 Å². The second-order valence-corrected chi connectivity index (χ2v) is 7.89. The van der Waals surface area contributed by atoms with Gasteiger partial charge in [0.1, 0.15) is 0 Å². The van der Waals surface area contributed by atoms with Crippen molar-refractivity contribution < 1.29 is 9.53 Å². The van der Waals surface area contributed by atoms with Crippen LogP contribution < -0.4 is 5.32 Å². The van der Waals surface area contributed by atoms with E-state index in [1.807, 2.05) is 4.90 Å². The number of hydrogen-bond donors (Lipinski definition) is 1. The van der Waals surface area contributed by atoms with Gasteiger partial charge in [-0.2, -0.15) is 0 Å². The molecule has 1 N–H and O–H groups in total. The third-order valence-corrected chi connectivity index (χ3v) is 6.29. The lowest BCUT2D eigenvalue weighted by Crippen LogP contribution is -2.52. The van der Waals surface area contributed by atoms with E-state index in [4.69, 9.17) is 4.74 Å². The van der Waals surface area contributed by atoms with Crippen molar-refractivity contribution in [2.45, 2.75) is 50.2 Å². The average molecular weight is 312 g/mol. The molecule has 23 heavy (non-hydrogen) atoms. The van der Waals surface area contributed by atoms with Crippen LogP contribution in [0.5, 0.6) is 0 Å². The maximum absolute atomic E-state index is 12.6. The number of fused-ring (bicyclic) bond motifs is 1. The fraction of sp³-hybridized carbons (Fsp3) is 0.632. The van der Waals surface area contributed by atoms with Crippen molar-refractivity contribution in [3.63, 3.8) is 0 Å². The van der Waals surface area contributed by atoms with Gasteiger partial charge in [0.25, 0.3) is 0 Å². The number of nitrogens with zero attached hydrogens (tertiary/aromatic N) is 1. The minimum atomic E-state index is -0.0357. The topological polar surface area (TPSA) is 41.6 Å². The SMILES string of the molecule is O=C(NCC12CC(CO1)C2)N1Cc2cccc3c2C(CCC3)C1. The van der Waals surface area contributed by atoms with Crippen LogP contribution in [0.15, 0.2) is 18.2 Å². The Kier molecular flexibility index (Phi) is 2.99. The summed E-state index contributed by atoms with van der Waals surface area (Å²) in [6.07, 6.45) is 5.91. The number of hydrogen-bond acceptors (Lipinski definition) is 2. The summed E-state index contributed by atoms with van der Waals surface area (Å²) < 4.78 is 5.84. The van der Waals surface area contributed by atoms with Crippen LogP contribution in [0.25, 0.3) is 0 Å². The summed E-state index contributed by atoms with van der Waals surface area (Å²) in [4.78, 5) is 14.7. The van der Waals surface area contributed by atoms with E-state index in [0.717, 1.165) is 38.5 Å². The minimum Gasteiger partial charge on any atom is -0.373 e. The molecule has 3 fully saturated rings. The lowest BCUT2D eigenvalue weighted by Gasteiger charge is -2.40. The van der Waals surface area contributed by atoms with Crippen LogP contribution in [0.3, 0.4) is 0 Å². The van der Waals surface area contributed by atoms with E-state index < -0.39 is 0 Å². The molecule has 0 spiro atoms. The molecule has 2 amide bonds. The van der Waals surface area contributed by atoms with Gasteiger partial charge >= 0.3 is 6.03 Å². The Bertz CT molecular complexity index is 645. The van der Waals surface area contributed by atoms with Crippen LogP contribution in [0.4, 0.5) is 4.79 Å².